The Balaban J connectivity index is 1.61. The van der Waals surface area contributed by atoms with Crippen LogP contribution >= 0.6 is 0 Å². The molecule has 0 spiro atoms. The first-order chi connectivity index (χ1) is 10.3. The Morgan fingerprint density at radius 1 is 1.24 bits per heavy atom. The monoisotopic (exact) mass is 289 g/mol. The molecule has 0 saturated heterocycles. The topological polar surface area (TPSA) is 32.7 Å². The van der Waals surface area contributed by atoms with E-state index in [4.69, 9.17) is 4.74 Å². The van der Waals surface area contributed by atoms with E-state index in [0.717, 1.165) is 25.3 Å². The van der Waals surface area contributed by atoms with Crippen LogP contribution in [0.25, 0.3) is 0 Å². The highest BCUT2D eigenvalue weighted by Crippen LogP contribution is 2.31. The van der Waals surface area contributed by atoms with Gasteiger partial charge in [-0.05, 0) is 31.4 Å². The number of benzene rings is 1. The number of hydrogen-bond acceptors (Lipinski definition) is 3. The summed E-state index contributed by atoms with van der Waals surface area (Å²) in [7, 11) is 0. The third-order valence-electron chi connectivity index (χ3n) is 4.87. The normalized spacial score (nSPS) is 22.3. The Bertz CT molecular complexity index is 468. The van der Waals surface area contributed by atoms with Gasteiger partial charge in [0.2, 0.25) is 0 Å². The van der Waals surface area contributed by atoms with Gasteiger partial charge in [-0.1, -0.05) is 37.0 Å². The Kier molecular flexibility index (Phi) is 4.81. The minimum atomic E-state index is 0.245. The van der Waals surface area contributed by atoms with Gasteiger partial charge in [-0.25, -0.2) is 0 Å². The second-order valence-corrected chi connectivity index (χ2v) is 6.57. The fourth-order valence-corrected chi connectivity index (χ4v) is 3.81. The molecule has 1 unspecified atom stereocenters. The van der Waals surface area contributed by atoms with E-state index in [1.54, 1.807) is 0 Å². The van der Waals surface area contributed by atoms with Crippen LogP contribution in [0.1, 0.15) is 43.2 Å². The van der Waals surface area contributed by atoms with Crippen molar-refractivity contribution in [3.8, 4) is 5.75 Å². The van der Waals surface area contributed by atoms with Crippen molar-refractivity contribution >= 4 is 0 Å². The number of aliphatic hydroxyl groups is 1. The first-order valence-corrected chi connectivity index (χ1v) is 8.37. The first-order valence-electron chi connectivity index (χ1n) is 8.37. The van der Waals surface area contributed by atoms with Gasteiger partial charge in [0, 0.05) is 25.6 Å². The Morgan fingerprint density at radius 3 is 2.81 bits per heavy atom. The summed E-state index contributed by atoms with van der Waals surface area (Å²) in [6, 6.07) is 7.10. The SMILES string of the molecule is Cc1ccc2c(c1)CC(CN(CCO)C1CCCCC1)O2. The van der Waals surface area contributed by atoms with Crippen LogP contribution in [-0.4, -0.2) is 41.8 Å². The lowest BCUT2D eigenvalue weighted by Crippen LogP contribution is -2.44. The van der Waals surface area contributed by atoms with Gasteiger partial charge in [0.15, 0.2) is 0 Å². The first kappa shape index (κ1) is 14.9. The molecule has 1 aromatic rings. The number of ether oxygens (including phenoxy) is 1. The number of hydrogen-bond donors (Lipinski definition) is 1. The van der Waals surface area contributed by atoms with Crippen molar-refractivity contribution in [2.75, 3.05) is 19.7 Å². The Labute approximate surface area is 127 Å². The molecule has 1 saturated carbocycles. The average Bonchev–Trinajstić information content (AvgIpc) is 2.89. The molecule has 3 nitrogen and oxygen atoms in total. The van der Waals surface area contributed by atoms with Gasteiger partial charge < -0.3 is 9.84 Å². The quantitative estimate of drug-likeness (QED) is 0.904. The smallest absolute Gasteiger partial charge is 0.123 e. The van der Waals surface area contributed by atoms with Crippen LogP contribution < -0.4 is 4.74 Å². The molecule has 3 rings (SSSR count). The Hall–Kier alpha value is -1.06. The molecule has 1 aromatic carbocycles. The van der Waals surface area contributed by atoms with Crippen molar-refractivity contribution < 1.29 is 9.84 Å². The third-order valence-corrected chi connectivity index (χ3v) is 4.87. The maximum Gasteiger partial charge on any atom is 0.123 e. The van der Waals surface area contributed by atoms with Crippen LogP contribution in [-0.2, 0) is 6.42 Å². The highest BCUT2D eigenvalue weighted by Gasteiger charge is 2.28. The lowest BCUT2D eigenvalue weighted by atomic mass is 9.94. The molecule has 21 heavy (non-hydrogen) atoms. The van der Waals surface area contributed by atoms with E-state index in [1.165, 1.54) is 43.2 Å². The van der Waals surface area contributed by atoms with Gasteiger partial charge in [-0.2, -0.15) is 0 Å². The van der Waals surface area contributed by atoms with Crippen LogP contribution in [0.5, 0.6) is 5.75 Å². The molecule has 0 radical (unpaired) electrons. The fourth-order valence-electron chi connectivity index (χ4n) is 3.81. The standard InChI is InChI=1S/C18H27NO2/c1-14-7-8-18-15(11-14)12-17(21-18)13-19(9-10-20)16-5-3-2-4-6-16/h7-8,11,16-17,20H,2-6,9-10,12-13H2,1H3. The lowest BCUT2D eigenvalue weighted by Gasteiger charge is -2.35. The second kappa shape index (κ2) is 6.80. The molecule has 2 aliphatic rings. The summed E-state index contributed by atoms with van der Waals surface area (Å²) in [5.41, 5.74) is 2.64. The van der Waals surface area contributed by atoms with Crippen molar-refractivity contribution in [3.63, 3.8) is 0 Å². The van der Waals surface area contributed by atoms with E-state index >= 15 is 0 Å². The van der Waals surface area contributed by atoms with Gasteiger partial charge in [-0.3, -0.25) is 4.90 Å². The average molecular weight is 289 g/mol. The molecular weight excluding hydrogens is 262 g/mol. The van der Waals surface area contributed by atoms with Gasteiger partial charge in [0.05, 0.1) is 6.61 Å². The zero-order chi connectivity index (χ0) is 14.7. The zero-order valence-electron chi connectivity index (χ0n) is 13.1. The molecule has 1 aliphatic heterocycles. The van der Waals surface area contributed by atoms with E-state index in [-0.39, 0.29) is 12.7 Å². The van der Waals surface area contributed by atoms with E-state index < -0.39 is 0 Å². The van der Waals surface area contributed by atoms with Crippen LogP contribution in [0.4, 0.5) is 0 Å². The summed E-state index contributed by atoms with van der Waals surface area (Å²) in [5.74, 6) is 1.05. The van der Waals surface area contributed by atoms with E-state index in [0.29, 0.717) is 6.04 Å². The van der Waals surface area contributed by atoms with E-state index in [9.17, 15) is 5.11 Å². The molecule has 1 N–H and O–H groups in total. The second-order valence-electron chi connectivity index (χ2n) is 6.57. The van der Waals surface area contributed by atoms with Crippen LogP contribution in [0.3, 0.4) is 0 Å². The number of rotatable bonds is 5. The van der Waals surface area contributed by atoms with Crippen molar-refractivity contribution in [1.82, 2.24) is 4.90 Å². The van der Waals surface area contributed by atoms with E-state index in [2.05, 4.69) is 30.0 Å². The van der Waals surface area contributed by atoms with Crippen molar-refractivity contribution in [3.05, 3.63) is 29.3 Å². The highest BCUT2D eigenvalue weighted by atomic mass is 16.5. The maximum absolute atomic E-state index is 9.37. The predicted molar refractivity (Wildman–Crippen MR) is 84.8 cm³/mol. The Morgan fingerprint density at radius 2 is 2.05 bits per heavy atom. The largest absolute Gasteiger partial charge is 0.488 e. The van der Waals surface area contributed by atoms with Gasteiger partial charge in [-0.15, -0.1) is 0 Å². The molecule has 0 amide bonds. The summed E-state index contributed by atoms with van der Waals surface area (Å²) in [5, 5.41) is 9.37. The molecular formula is C18H27NO2. The maximum atomic E-state index is 9.37. The molecule has 1 heterocycles. The number of fused-ring (bicyclic) bond motifs is 1. The number of nitrogens with zero attached hydrogens (tertiary/aromatic N) is 1. The predicted octanol–water partition coefficient (Wildman–Crippen LogP) is 2.93. The number of aliphatic hydroxyl groups excluding tert-OH is 1. The van der Waals surface area contributed by atoms with Gasteiger partial charge in [0.25, 0.3) is 0 Å². The summed E-state index contributed by atoms with van der Waals surface area (Å²) >= 11 is 0. The summed E-state index contributed by atoms with van der Waals surface area (Å²) in [6.07, 6.45) is 7.84. The van der Waals surface area contributed by atoms with Gasteiger partial charge >= 0.3 is 0 Å². The van der Waals surface area contributed by atoms with Crippen LogP contribution in [0.15, 0.2) is 18.2 Å². The molecule has 1 fully saturated rings. The lowest BCUT2D eigenvalue weighted by molar-refractivity contribution is 0.0796. The highest BCUT2D eigenvalue weighted by molar-refractivity contribution is 5.40. The minimum absolute atomic E-state index is 0.245. The summed E-state index contributed by atoms with van der Waals surface area (Å²) in [4.78, 5) is 2.46. The molecule has 1 aliphatic carbocycles. The molecule has 0 bridgehead atoms. The summed E-state index contributed by atoms with van der Waals surface area (Å²) in [6.45, 7) is 4.10. The third kappa shape index (κ3) is 3.58. The van der Waals surface area contributed by atoms with Crippen LogP contribution in [0.2, 0.25) is 0 Å². The number of aryl methyl sites for hydroxylation is 1. The summed E-state index contributed by atoms with van der Waals surface area (Å²) < 4.78 is 6.11. The minimum Gasteiger partial charge on any atom is -0.488 e. The fraction of sp³-hybridized carbons (Fsp3) is 0.667. The van der Waals surface area contributed by atoms with Gasteiger partial charge in [0.1, 0.15) is 11.9 Å². The van der Waals surface area contributed by atoms with Crippen LogP contribution in [0, 0.1) is 6.92 Å². The van der Waals surface area contributed by atoms with Crippen molar-refractivity contribution in [1.29, 1.82) is 0 Å². The zero-order valence-corrected chi connectivity index (χ0v) is 13.1. The van der Waals surface area contributed by atoms with Crippen molar-refractivity contribution in [2.45, 2.75) is 57.6 Å². The molecule has 3 heteroatoms. The molecule has 116 valence electrons. The van der Waals surface area contributed by atoms with E-state index in [1.807, 2.05) is 0 Å². The van der Waals surface area contributed by atoms with Crippen molar-refractivity contribution in [2.24, 2.45) is 0 Å². The molecule has 0 aromatic heterocycles. The molecule has 1 atom stereocenters.